The Bertz CT molecular complexity index is 3930. The van der Waals surface area contributed by atoms with Gasteiger partial charge in [0.2, 0.25) is 0 Å². The molecule has 1 aliphatic rings. The summed E-state index contributed by atoms with van der Waals surface area (Å²) in [6.45, 7) is 22.9. The van der Waals surface area contributed by atoms with E-state index in [2.05, 4.69) is 249 Å². The van der Waals surface area contributed by atoms with Gasteiger partial charge in [0.25, 0.3) is 0 Å². The van der Waals surface area contributed by atoms with Crippen LogP contribution >= 0.6 is 0 Å². The van der Waals surface area contributed by atoms with E-state index in [9.17, 15) is 0 Å². The minimum Gasteiger partial charge on any atom is -0.454 e. The number of para-hydroxylation sites is 6. The van der Waals surface area contributed by atoms with Crippen molar-refractivity contribution in [3.8, 4) is 22.3 Å². The molecule has 0 N–H and O–H groups in total. The number of furan rings is 2. The molecule has 352 valence electrons. The Hall–Kier alpha value is -8.08. The predicted octanol–water partition coefficient (Wildman–Crippen LogP) is 20.2. The highest BCUT2D eigenvalue weighted by atomic mass is 16.3. The molecule has 12 aromatic rings. The molecule has 0 aliphatic heterocycles. The van der Waals surface area contributed by atoms with Crippen LogP contribution in [0.5, 0.6) is 0 Å². The van der Waals surface area contributed by atoms with Crippen molar-refractivity contribution < 1.29 is 8.83 Å². The smallest absolute Gasteiger partial charge is 0.159 e. The van der Waals surface area contributed by atoms with Crippen LogP contribution in [0.25, 0.3) is 87.7 Å². The minimum absolute atomic E-state index is 0.0695. The van der Waals surface area contributed by atoms with Crippen LogP contribution in [-0.2, 0) is 10.8 Å². The third-order valence-electron chi connectivity index (χ3n) is 15.8. The van der Waals surface area contributed by atoms with E-state index < -0.39 is 0 Å². The SMILES string of the molecule is Cc1c2c(c(C)c3cc(N(c4ccccc4)c4cccc5c4oc4c(C(C)(C)C)cccc45)ccc13)-c1c-2c(C)c2cc(N(c3ccccc3)c3cccc4c3oc3c(C(C)(C)C)cccc34)ccc2c1C. The molecule has 13 rings (SSSR count). The van der Waals surface area contributed by atoms with E-state index in [1.807, 2.05) is 0 Å². The van der Waals surface area contributed by atoms with Crippen molar-refractivity contribution in [2.75, 3.05) is 9.80 Å². The molecule has 2 aromatic heterocycles. The zero-order chi connectivity index (χ0) is 49.5. The first-order valence-electron chi connectivity index (χ1n) is 25.4. The second kappa shape index (κ2) is 15.7. The van der Waals surface area contributed by atoms with Gasteiger partial charge in [0.05, 0.1) is 11.4 Å². The summed E-state index contributed by atoms with van der Waals surface area (Å²) in [5.41, 5.74) is 23.1. The highest BCUT2D eigenvalue weighted by Crippen LogP contribution is 2.59. The molecule has 2 heterocycles. The molecule has 4 nitrogen and oxygen atoms in total. The Morgan fingerprint density at radius 1 is 0.292 bits per heavy atom. The topological polar surface area (TPSA) is 32.8 Å². The lowest BCUT2D eigenvalue weighted by Gasteiger charge is -2.35. The molecule has 1 aliphatic carbocycles. The number of fused-ring (bicyclic) bond motifs is 12. The third kappa shape index (κ3) is 6.37. The lowest BCUT2D eigenvalue weighted by molar-refractivity contribution is 0.572. The normalized spacial score (nSPS) is 12.6. The van der Waals surface area contributed by atoms with Crippen molar-refractivity contribution in [3.63, 3.8) is 0 Å². The quantitative estimate of drug-likeness (QED) is 0.166. The monoisotopic (exact) mass is 934 g/mol. The predicted molar refractivity (Wildman–Crippen MR) is 306 cm³/mol. The summed E-state index contributed by atoms with van der Waals surface area (Å²) in [4.78, 5) is 4.75. The van der Waals surface area contributed by atoms with Crippen LogP contribution in [0.2, 0.25) is 0 Å². The van der Waals surface area contributed by atoms with Crippen molar-refractivity contribution in [3.05, 3.63) is 203 Å². The van der Waals surface area contributed by atoms with Gasteiger partial charge < -0.3 is 18.6 Å². The van der Waals surface area contributed by atoms with Crippen molar-refractivity contribution in [2.45, 2.75) is 80.1 Å². The van der Waals surface area contributed by atoms with Gasteiger partial charge >= 0.3 is 0 Å². The molecular formula is C68H58N2O2. The zero-order valence-corrected chi connectivity index (χ0v) is 42.9. The van der Waals surface area contributed by atoms with E-state index >= 15 is 0 Å². The molecule has 0 unspecified atom stereocenters. The first-order valence-corrected chi connectivity index (χ1v) is 25.4. The first-order chi connectivity index (χ1) is 34.7. The highest BCUT2D eigenvalue weighted by molar-refractivity contribution is 6.20. The largest absolute Gasteiger partial charge is 0.454 e. The van der Waals surface area contributed by atoms with Gasteiger partial charge in [0, 0.05) is 55.4 Å². The van der Waals surface area contributed by atoms with Crippen LogP contribution in [-0.4, -0.2) is 0 Å². The van der Waals surface area contributed by atoms with Crippen LogP contribution in [0, 0.1) is 27.7 Å². The molecule has 0 atom stereocenters. The number of hydrogen-bond donors (Lipinski definition) is 0. The van der Waals surface area contributed by atoms with Gasteiger partial charge in [-0.25, -0.2) is 0 Å². The Kier molecular flexibility index (Phi) is 9.58. The van der Waals surface area contributed by atoms with Crippen LogP contribution in [0.15, 0.2) is 179 Å². The molecule has 0 saturated carbocycles. The fourth-order valence-electron chi connectivity index (χ4n) is 12.2. The molecular weight excluding hydrogens is 877 g/mol. The molecule has 0 fully saturated rings. The lowest BCUT2D eigenvalue weighted by Crippen LogP contribution is -2.12. The Morgan fingerprint density at radius 2 is 0.625 bits per heavy atom. The maximum absolute atomic E-state index is 7.00. The fraction of sp³-hybridized carbons (Fsp3) is 0.176. The summed E-state index contributed by atoms with van der Waals surface area (Å²) in [5, 5.41) is 9.62. The van der Waals surface area contributed by atoms with E-state index in [0.717, 1.165) is 78.0 Å². The van der Waals surface area contributed by atoms with E-state index in [1.165, 1.54) is 77.2 Å². The molecule has 0 spiro atoms. The minimum atomic E-state index is -0.0695. The maximum Gasteiger partial charge on any atom is 0.159 e. The summed E-state index contributed by atoms with van der Waals surface area (Å²) in [6.07, 6.45) is 0. The van der Waals surface area contributed by atoms with Crippen molar-refractivity contribution >= 4 is 99.5 Å². The molecule has 0 amide bonds. The Labute approximate surface area is 421 Å². The summed E-state index contributed by atoms with van der Waals surface area (Å²) in [6, 6.07) is 61.8. The summed E-state index contributed by atoms with van der Waals surface area (Å²) in [7, 11) is 0. The average Bonchev–Trinajstić information content (AvgIpc) is 3.95. The van der Waals surface area contributed by atoms with Gasteiger partial charge in [-0.1, -0.05) is 151 Å². The molecule has 0 bridgehead atoms. The molecule has 0 radical (unpaired) electrons. The summed E-state index contributed by atoms with van der Waals surface area (Å²) >= 11 is 0. The number of nitrogens with zero attached hydrogens (tertiary/aromatic N) is 2. The van der Waals surface area contributed by atoms with E-state index in [0.29, 0.717) is 0 Å². The molecule has 72 heavy (non-hydrogen) atoms. The first kappa shape index (κ1) is 43.9. The maximum atomic E-state index is 7.00. The van der Waals surface area contributed by atoms with E-state index in [4.69, 9.17) is 8.83 Å². The third-order valence-corrected chi connectivity index (χ3v) is 15.8. The number of rotatable bonds is 6. The zero-order valence-electron chi connectivity index (χ0n) is 42.9. The van der Waals surface area contributed by atoms with Crippen LogP contribution < -0.4 is 9.80 Å². The van der Waals surface area contributed by atoms with Gasteiger partial charge in [-0.2, -0.15) is 0 Å². The van der Waals surface area contributed by atoms with E-state index in [-0.39, 0.29) is 10.8 Å². The second-order valence-corrected chi connectivity index (χ2v) is 22.2. The van der Waals surface area contributed by atoms with Crippen molar-refractivity contribution in [1.29, 1.82) is 0 Å². The number of aryl methyl sites for hydroxylation is 4. The number of hydrogen-bond acceptors (Lipinski definition) is 4. The van der Waals surface area contributed by atoms with Gasteiger partial charge in [0.15, 0.2) is 11.2 Å². The van der Waals surface area contributed by atoms with Gasteiger partial charge in [-0.15, -0.1) is 0 Å². The molecule has 4 heteroatoms. The van der Waals surface area contributed by atoms with Crippen molar-refractivity contribution in [1.82, 2.24) is 0 Å². The van der Waals surface area contributed by atoms with E-state index in [1.54, 1.807) is 0 Å². The summed E-state index contributed by atoms with van der Waals surface area (Å²) < 4.78 is 14.0. The molecule has 0 saturated heterocycles. The standard InChI is InChI=1S/C68H58N2O2/c1-39-47-35-33-45(69(43-21-13-11-14-22-43)57-31-19-27-51-49-25-17-29-55(67(5,6)7)63(49)71-65(51)57)37-53(47)41(3)61-59(39)62-42(4)54-38-46(34-36-48(54)40(2)60(61)62)70(44-23-15-12-16-24-44)58-32-20-28-52-50-26-18-30-56(68(8,9)10)64(50)72-66(52)58/h11-38H,1-10H3. The number of anilines is 6. The molecule has 10 aromatic carbocycles. The van der Waals surface area contributed by atoms with Gasteiger partial charge in [-0.3, -0.25) is 0 Å². The van der Waals surface area contributed by atoms with Crippen LogP contribution in [0.4, 0.5) is 34.1 Å². The lowest BCUT2D eigenvalue weighted by atomic mass is 9.69. The Balaban J connectivity index is 0.961. The summed E-state index contributed by atoms with van der Waals surface area (Å²) in [5.74, 6) is 0. The fourth-order valence-corrected chi connectivity index (χ4v) is 12.2. The van der Waals surface area contributed by atoms with Crippen LogP contribution in [0.1, 0.15) is 74.9 Å². The van der Waals surface area contributed by atoms with Crippen LogP contribution in [0.3, 0.4) is 0 Å². The van der Waals surface area contributed by atoms with Gasteiger partial charge in [0.1, 0.15) is 11.2 Å². The van der Waals surface area contributed by atoms with Gasteiger partial charge in [-0.05, 0) is 165 Å². The second-order valence-electron chi connectivity index (χ2n) is 22.2. The van der Waals surface area contributed by atoms with Crippen molar-refractivity contribution in [2.24, 2.45) is 0 Å². The number of benzene rings is 10. The average molecular weight is 935 g/mol. The highest BCUT2D eigenvalue weighted by Gasteiger charge is 2.34. The Morgan fingerprint density at radius 3 is 0.986 bits per heavy atom.